The molecule has 7 heteroatoms. The summed E-state index contributed by atoms with van der Waals surface area (Å²) in [6.07, 6.45) is 4.79. The first-order valence-electron chi connectivity index (χ1n) is 4.76. The fourth-order valence-electron chi connectivity index (χ4n) is 1.31. The van der Waals surface area contributed by atoms with Gasteiger partial charge < -0.3 is 10.3 Å². The van der Waals surface area contributed by atoms with Crippen molar-refractivity contribution in [2.75, 3.05) is 0 Å². The molecule has 18 heavy (non-hydrogen) atoms. The van der Waals surface area contributed by atoms with E-state index in [9.17, 15) is 4.79 Å². The molecule has 0 aliphatic rings. The van der Waals surface area contributed by atoms with E-state index in [1.54, 1.807) is 36.8 Å². The van der Waals surface area contributed by atoms with Crippen molar-refractivity contribution in [1.82, 2.24) is 9.97 Å². The molecule has 0 aromatic carbocycles. The molecule has 2 N–H and O–H groups in total. The zero-order valence-corrected chi connectivity index (χ0v) is 9.09. The normalized spacial score (nSPS) is 8.89. The van der Waals surface area contributed by atoms with Gasteiger partial charge in [0.15, 0.2) is 5.34 Å². The molecule has 0 spiro atoms. The predicted octanol–water partition coefficient (Wildman–Crippen LogP) is 1.98. The lowest BCUT2D eigenvalue weighted by Gasteiger charge is -2.03. The molecule has 0 unspecified atom stereocenters. The zero-order chi connectivity index (χ0) is 13.4. The topological polar surface area (TPSA) is 113 Å². The van der Waals surface area contributed by atoms with E-state index in [0.717, 1.165) is 0 Å². The van der Waals surface area contributed by atoms with Gasteiger partial charge in [-0.3, -0.25) is 9.97 Å². The lowest BCUT2D eigenvalue weighted by Crippen LogP contribution is -2.01. The van der Waals surface area contributed by atoms with Gasteiger partial charge in [0.25, 0.3) is 0 Å². The van der Waals surface area contributed by atoms with Crippen LogP contribution in [-0.4, -0.2) is 26.3 Å². The lowest BCUT2D eigenvalue weighted by molar-refractivity contribution is 0.0697. The van der Waals surface area contributed by atoms with E-state index in [1.807, 2.05) is 0 Å². The molecule has 0 aliphatic carbocycles. The van der Waals surface area contributed by atoms with Gasteiger partial charge in [-0.2, -0.15) is 0 Å². The number of pyridine rings is 2. The second-order valence-corrected chi connectivity index (χ2v) is 3.03. The van der Waals surface area contributed by atoms with Crippen LogP contribution < -0.4 is 0 Å². The van der Waals surface area contributed by atoms with Gasteiger partial charge in [-0.15, -0.1) is 4.91 Å². The van der Waals surface area contributed by atoms with Crippen LogP contribution in [0, 0.1) is 4.91 Å². The van der Waals surface area contributed by atoms with Gasteiger partial charge in [0.05, 0.1) is 11.3 Å². The molecule has 7 nitrogen and oxygen atoms in total. The molecule has 92 valence electrons. The third-order valence-electron chi connectivity index (χ3n) is 1.97. The van der Waals surface area contributed by atoms with Crippen molar-refractivity contribution >= 4 is 5.97 Å². The largest absolute Gasteiger partial charge is 0.478 e. The summed E-state index contributed by atoms with van der Waals surface area (Å²) in [4.78, 5) is 27.0. The number of aromatic carboxylic acids is 1. The molecule has 0 saturated carbocycles. The second-order valence-electron chi connectivity index (χ2n) is 3.03. The fourth-order valence-corrected chi connectivity index (χ4v) is 1.31. The molecule has 0 fully saturated rings. The van der Waals surface area contributed by atoms with Crippen LogP contribution in [0.15, 0.2) is 48.2 Å². The van der Waals surface area contributed by atoms with Crippen molar-refractivity contribution in [1.29, 1.82) is 0 Å². The summed E-state index contributed by atoms with van der Waals surface area (Å²) in [5.41, 5.74) is 1.33. The average Bonchev–Trinajstić information content (AvgIpc) is 2.40. The standard InChI is InChI=1S/C11H8N2O2.HNO2/c14-11(15)9-4-2-6-13-10(9)8-3-1-5-12-7-8;2-1-3/h1-7H,(H,14,15);(H,2,3). The lowest BCUT2D eigenvalue weighted by atomic mass is 10.1. The Bertz CT molecular complexity index is 531. The van der Waals surface area contributed by atoms with Gasteiger partial charge in [0.2, 0.25) is 0 Å². The maximum absolute atomic E-state index is 10.9. The second kappa shape index (κ2) is 6.69. The molecule has 0 saturated heterocycles. The third kappa shape index (κ3) is 3.34. The molecular formula is C11H9N3O4. The quantitative estimate of drug-likeness (QED) is 0.619. The number of hydrogen-bond donors (Lipinski definition) is 2. The number of carboxylic acids is 1. The highest BCUT2D eigenvalue weighted by atomic mass is 16.6. The number of rotatable bonds is 2. The SMILES string of the molecule is O=C(O)c1cccnc1-c1cccnc1.O=NO. The average molecular weight is 247 g/mol. The first-order chi connectivity index (χ1) is 8.70. The number of aromatic nitrogens is 2. The Balaban J connectivity index is 0.000000492. The summed E-state index contributed by atoms with van der Waals surface area (Å²) in [6, 6.07) is 6.65. The number of hydrogen-bond acceptors (Lipinski definition) is 5. The molecule has 0 radical (unpaired) electrons. The van der Waals surface area contributed by atoms with Crippen LogP contribution in [-0.2, 0) is 0 Å². The third-order valence-corrected chi connectivity index (χ3v) is 1.97. The highest BCUT2D eigenvalue weighted by molar-refractivity contribution is 5.94. The molecule has 2 rings (SSSR count). The van der Waals surface area contributed by atoms with Crippen LogP contribution in [0.2, 0.25) is 0 Å². The first-order valence-corrected chi connectivity index (χ1v) is 4.76. The van der Waals surface area contributed by atoms with Crippen LogP contribution in [0.1, 0.15) is 10.4 Å². The fraction of sp³-hybridized carbons (Fsp3) is 0. The minimum Gasteiger partial charge on any atom is -0.478 e. The van der Waals surface area contributed by atoms with Crippen molar-refractivity contribution < 1.29 is 15.1 Å². The Morgan fingerprint density at radius 1 is 1.22 bits per heavy atom. The van der Waals surface area contributed by atoms with Gasteiger partial charge >= 0.3 is 5.97 Å². The molecule has 2 heterocycles. The van der Waals surface area contributed by atoms with Crippen LogP contribution in [0.3, 0.4) is 0 Å². The van der Waals surface area contributed by atoms with E-state index in [4.69, 9.17) is 15.2 Å². The Morgan fingerprint density at radius 2 is 1.89 bits per heavy atom. The highest BCUT2D eigenvalue weighted by Crippen LogP contribution is 2.19. The summed E-state index contributed by atoms with van der Waals surface area (Å²) in [5, 5.41) is 16.9. The predicted molar refractivity (Wildman–Crippen MR) is 62.0 cm³/mol. The van der Waals surface area contributed by atoms with E-state index >= 15 is 0 Å². The summed E-state index contributed by atoms with van der Waals surface area (Å²) in [5.74, 6) is -0.984. The minimum atomic E-state index is -0.984. The number of carbonyl (C=O) groups is 1. The first kappa shape index (κ1) is 13.2. The van der Waals surface area contributed by atoms with E-state index < -0.39 is 5.97 Å². The van der Waals surface area contributed by atoms with Crippen molar-refractivity contribution in [2.24, 2.45) is 5.34 Å². The van der Waals surface area contributed by atoms with E-state index in [1.165, 1.54) is 11.4 Å². The zero-order valence-electron chi connectivity index (χ0n) is 9.09. The number of nitrogens with zero attached hydrogens (tertiary/aromatic N) is 3. The Labute approximate surface area is 102 Å². The number of carboxylic acid groups (broad SMARTS) is 1. The van der Waals surface area contributed by atoms with Crippen LogP contribution in [0.4, 0.5) is 0 Å². The van der Waals surface area contributed by atoms with Crippen LogP contribution in [0.25, 0.3) is 11.3 Å². The van der Waals surface area contributed by atoms with Crippen molar-refractivity contribution in [3.8, 4) is 11.3 Å². The van der Waals surface area contributed by atoms with Gasteiger partial charge in [0.1, 0.15) is 0 Å². The Hall–Kier alpha value is -2.83. The van der Waals surface area contributed by atoms with E-state index in [0.29, 0.717) is 11.3 Å². The highest BCUT2D eigenvalue weighted by Gasteiger charge is 2.11. The van der Waals surface area contributed by atoms with E-state index in [-0.39, 0.29) is 5.56 Å². The van der Waals surface area contributed by atoms with E-state index in [2.05, 4.69) is 9.97 Å². The molecule has 0 atom stereocenters. The maximum Gasteiger partial charge on any atom is 0.337 e. The molecule has 0 bridgehead atoms. The summed E-state index contributed by atoms with van der Waals surface area (Å²) in [6.45, 7) is 0. The van der Waals surface area contributed by atoms with Crippen molar-refractivity contribution in [3.05, 3.63) is 53.3 Å². The minimum absolute atomic E-state index is 0.186. The van der Waals surface area contributed by atoms with Gasteiger partial charge in [0, 0.05) is 24.2 Å². The molecule has 2 aromatic rings. The van der Waals surface area contributed by atoms with Gasteiger partial charge in [-0.1, -0.05) is 0 Å². The van der Waals surface area contributed by atoms with Gasteiger partial charge in [-0.05, 0) is 24.3 Å². The van der Waals surface area contributed by atoms with Crippen LogP contribution in [0.5, 0.6) is 0 Å². The Morgan fingerprint density at radius 3 is 2.44 bits per heavy atom. The molecule has 0 amide bonds. The smallest absolute Gasteiger partial charge is 0.337 e. The van der Waals surface area contributed by atoms with Crippen LogP contribution >= 0.6 is 0 Å². The summed E-state index contributed by atoms with van der Waals surface area (Å²) < 4.78 is 0. The van der Waals surface area contributed by atoms with Crippen molar-refractivity contribution in [2.45, 2.75) is 0 Å². The Kier molecular flexibility index (Phi) is 4.92. The molecular weight excluding hydrogens is 238 g/mol. The molecule has 2 aromatic heterocycles. The summed E-state index contributed by atoms with van der Waals surface area (Å²) >= 11 is 0. The maximum atomic E-state index is 10.9. The summed E-state index contributed by atoms with van der Waals surface area (Å²) in [7, 11) is 0. The van der Waals surface area contributed by atoms with Gasteiger partial charge in [-0.25, -0.2) is 4.79 Å². The monoisotopic (exact) mass is 247 g/mol. The molecule has 0 aliphatic heterocycles. The van der Waals surface area contributed by atoms with Crippen molar-refractivity contribution in [3.63, 3.8) is 0 Å².